The Labute approximate surface area is 165 Å². The first kappa shape index (κ1) is 25.7. The van der Waals surface area contributed by atoms with Crippen molar-refractivity contribution < 1.29 is 39.0 Å². The zero-order valence-corrected chi connectivity index (χ0v) is 15.7. The van der Waals surface area contributed by atoms with E-state index in [4.69, 9.17) is 22.3 Å². The molecular weight excluding hydrogens is 392 g/mol. The van der Waals surface area contributed by atoms with Crippen molar-refractivity contribution in [1.29, 1.82) is 0 Å². The number of nitrogens with two attached hydrogens (primary N) is 3. The van der Waals surface area contributed by atoms with E-state index in [1.807, 2.05) is 5.32 Å². The number of aliphatic hydroxyl groups is 1. The molecule has 0 fully saturated rings. The molecule has 0 saturated carbocycles. The number of carbonyl (C=O) groups is 6. The molecule has 0 aromatic heterocycles. The number of nitrogens with one attached hydrogen (secondary N) is 3. The molecule has 4 unspecified atom stereocenters. The molecule has 14 heteroatoms. The van der Waals surface area contributed by atoms with Gasteiger partial charge in [0.2, 0.25) is 29.5 Å². The zero-order chi connectivity index (χ0) is 22.7. The van der Waals surface area contributed by atoms with Gasteiger partial charge in [-0.05, 0) is 13.3 Å². The van der Waals surface area contributed by atoms with E-state index in [0.29, 0.717) is 0 Å². The molecule has 0 aromatic carbocycles. The van der Waals surface area contributed by atoms with Crippen LogP contribution in [0.4, 0.5) is 0 Å². The fourth-order valence-corrected chi connectivity index (χ4v) is 2.00. The largest absolute Gasteiger partial charge is 0.480 e. The maximum Gasteiger partial charge on any atom is 0.326 e. The minimum atomic E-state index is -1.61. The maximum atomic E-state index is 12.3. The third kappa shape index (κ3) is 10.0. The molecule has 11 N–H and O–H groups in total. The topological polar surface area (TPSA) is 257 Å². The Morgan fingerprint density at radius 2 is 1.31 bits per heavy atom. The predicted octanol–water partition coefficient (Wildman–Crippen LogP) is -4.99. The molecule has 5 amide bonds. The van der Waals surface area contributed by atoms with E-state index in [1.54, 1.807) is 0 Å². The minimum Gasteiger partial charge on any atom is -0.480 e. The number of carbonyl (C=O) groups excluding carboxylic acids is 5. The van der Waals surface area contributed by atoms with Gasteiger partial charge in [0.05, 0.1) is 19.1 Å². The molecule has 0 saturated heterocycles. The summed E-state index contributed by atoms with van der Waals surface area (Å²) < 4.78 is 0. The van der Waals surface area contributed by atoms with Gasteiger partial charge in [0, 0.05) is 6.42 Å². The van der Waals surface area contributed by atoms with Crippen LogP contribution in [-0.2, 0) is 28.8 Å². The molecule has 0 aromatic rings. The third-order valence-electron chi connectivity index (χ3n) is 3.56. The van der Waals surface area contributed by atoms with Gasteiger partial charge in [0.15, 0.2) is 0 Å². The van der Waals surface area contributed by atoms with E-state index in [1.165, 1.54) is 6.92 Å². The fourth-order valence-electron chi connectivity index (χ4n) is 2.00. The van der Waals surface area contributed by atoms with Gasteiger partial charge in [0.1, 0.15) is 18.1 Å². The van der Waals surface area contributed by atoms with Crippen LogP contribution >= 0.6 is 0 Å². The Bertz CT molecular complexity index is 653. The van der Waals surface area contributed by atoms with Crippen LogP contribution in [0.25, 0.3) is 0 Å². The van der Waals surface area contributed by atoms with Gasteiger partial charge in [-0.1, -0.05) is 0 Å². The van der Waals surface area contributed by atoms with Crippen molar-refractivity contribution >= 4 is 35.5 Å². The molecule has 0 radical (unpaired) electrons. The molecule has 164 valence electrons. The fraction of sp³-hybridized carbons (Fsp3) is 0.600. The van der Waals surface area contributed by atoms with Crippen molar-refractivity contribution in [2.45, 2.75) is 50.4 Å². The van der Waals surface area contributed by atoms with Crippen LogP contribution in [-0.4, -0.2) is 76.5 Å². The first-order valence-electron chi connectivity index (χ1n) is 8.46. The number of hydrogen-bond acceptors (Lipinski definition) is 8. The highest BCUT2D eigenvalue weighted by Gasteiger charge is 2.30. The molecule has 0 heterocycles. The second-order valence-electron chi connectivity index (χ2n) is 6.17. The summed E-state index contributed by atoms with van der Waals surface area (Å²) in [6.07, 6.45) is -1.24. The van der Waals surface area contributed by atoms with E-state index in [-0.39, 0.29) is 12.8 Å². The van der Waals surface area contributed by atoms with Crippen LogP contribution < -0.4 is 33.2 Å². The van der Waals surface area contributed by atoms with Crippen LogP contribution in [0.3, 0.4) is 0 Å². The summed E-state index contributed by atoms with van der Waals surface area (Å²) >= 11 is 0. The Morgan fingerprint density at radius 3 is 1.72 bits per heavy atom. The van der Waals surface area contributed by atoms with Crippen LogP contribution in [0.2, 0.25) is 0 Å². The average molecular weight is 418 g/mol. The number of aliphatic hydroxyl groups excluding tert-OH is 1. The standard InChI is InChI=1S/C15H26N6O8/c1-6(16)12(25)20-8(4-11(18)24)13(26)21-9(5-22)14(27)19-7(15(28)29)2-3-10(17)23/h6-9,22H,2-5,16H2,1H3,(H2,17,23)(H2,18,24)(H,19,27)(H,20,25)(H,21,26)(H,28,29). The Hall–Kier alpha value is -3.26. The van der Waals surface area contributed by atoms with Crippen molar-refractivity contribution in [1.82, 2.24) is 16.0 Å². The van der Waals surface area contributed by atoms with E-state index in [2.05, 4.69) is 10.6 Å². The summed E-state index contributed by atoms with van der Waals surface area (Å²) in [5, 5.41) is 24.7. The number of carboxylic acids is 1. The lowest BCUT2D eigenvalue weighted by Crippen LogP contribution is -2.58. The normalized spacial score (nSPS) is 14.6. The van der Waals surface area contributed by atoms with E-state index in [0.717, 1.165) is 0 Å². The highest BCUT2D eigenvalue weighted by molar-refractivity contribution is 5.96. The molecule has 29 heavy (non-hydrogen) atoms. The van der Waals surface area contributed by atoms with Gasteiger partial charge in [-0.15, -0.1) is 0 Å². The summed E-state index contributed by atoms with van der Waals surface area (Å²) in [4.78, 5) is 69.2. The molecule has 0 aliphatic rings. The number of hydrogen-bond donors (Lipinski definition) is 8. The SMILES string of the molecule is CC(N)C(=O)NC(CC(N)=O)C(=O)NC(CO)C(=O)NC(CCC(N)=O)C(=O)O. The molecule has 0 bridgehead atoms. The molecule has 0 aliphatic heterocycles. The van der Waals surface area contributed by atoms with Crippen molar-refractivity contribution in [3.05, 3.63) is 0 Å². The Balaban J connectivity index is 5.16. The van der Waals surface area contributed by atoms with Crippen LogP contribution in [0.1, 0.15) is 26.2 Å². The number of amides is 5. The van der Waals surface area contributed by atoms with Gasteiger partial charge in [-0.2, -0.15) is 0 Å². The van der Waals surface area contributed by atoms with Crippen molar-refractivity contribution in [3.8, 4) is 0 Å². The van der Waals surface area contributed by atoms with Crippen LogP contribution in [0, 0.1) is 0 Å². The smallest absolute Gasteiger partial charge is 0.326 e. The quantitative estimate of drug-likeness (QED) is 0.142. The summed E-state index contributed by atoms with van der Waals surface area (Å²) in [5.74, 6) is -6.05. The first-order chi connectivity index (χ1) is 13.4. The van der Waals surface area contributed by atoms with Gasteiger partial charge in [0.25, 0.3) is 0 Å². The number of aliphatic carboxylic acids is 1. The van der Waals surface area contributed by atoms with E-state index < -0.39 is 72.7 Å². The van der Waals surface area contributed by atoms with E-state index in [9.17, 15) is 33.9 Å². The van der Waals surface area contributed by atoms with Gasteiger partial charge in [-0.25, -0.2) is 4.79 Å². The highest BCUT2D eigenvalue weighted by Crippen LogP contribution is 2.00. The van der Waals surface area contributed by atoms with Crippen LogP contribution in [0.5, 0.6) is 0 Å². The van der Waals surface area contributed by atoms with Gasteiger partial charge in [-0.3, -0.25) is 24.0 Å². The lowest BCUT2D eigenvalue weighted by atomic mass is 10.1. The number of primary amides is 2. The number of rotatable bonds is 13. The third-order valence-corrected chi connectivity index (χ3v) is 3.56. The molecule has 0 spiro atoms. The van der Waals surface area contributed by atoms with Crippen LogP contribution in [0.15, 0.2) is 0 Å². The Kier molecular flexibility index (Phi) is 10.9. The summed E-state index contributed by atoms with van der Waals surface area (Å²) in [7, 11) is 0. The predicted molar refractivity (Wildman–Crippen MR) is 96.4 cm³/mol. The Morgan fingerprint density at radius 1 is 0.828 bits per heavy atom. The zero-order valence-electron chi connectivity index (χ0n) is 15.7. The highest BCUT2D eigenvalue weighted by atomic mass is 16.4. The first-order valence-corrected chi connectivity index (χ1v) is 8.46. The lowest BCUT2D eigenvalue weighted by molar-refractivity contribution is -0.143. The average Bonchev–Trinajstić information content (AvgIpc) is 2.60. The summed E-state index contributed by atoms with van der Waals surface area (Å²) in [6.45, 7) is 0.404. The summed E-state index contributed by atoms with van der Waals surface area (Å²) in [6, 6.07) is -5.59. The second kappa shape index (κ2) is 12.2. The maximum absolute atomic E-state index is 12.3. The lowest BCUT2D eigenvalue weighted by Gasteiger charge is -2.23. The molecule has 14 nitrogen and oxygen atoms in total. The molecule has 0 rings (SSSR count). The molecule has 4 atom stereocenters. The van der Waals surface area contributed by atoms with Crippen molar-refractivity contribution in [3.63, 3.8) is 0 Å². The molecular formula is C15H26N6O8. The van der Waals surface area contributed by atoms with Crippen molar-refractivity contribution in [2.24, 2.45) is 17.2 Å². The monoisotopic (exact) mass is 418 g/mol. The van der Waals surface area contributed by atoms with Gasteiger partial charge >= 0.3 is 5.97 Å². The summed E-state index contributed by atoms with van der Waals surface area (Å²) in [5.41, 5.74) is 15.3. The minimum absolute atomic E-state index is 0.308. The number of carboxylic acid groups (broad SMARTS) is 1. The second-order valence-corrected chi connectivity index (χ2v) is 6.17. The van der Waals surface area contributed by atoms with Gasteiger partial charge < -0.3 is 43.4 Å². The molecule has 0 aliphatic carbocycles. The van der Waals surface area contributed by atoms with Crippen molar-refractivity contribution in [2.75, 3.05) is 6.61 Å². The van der Waals surface area contributed by atoms with E-state index >= 15 is 0 Å².